The normalized spacial score (nSPS) is 13.8. The fraction of sp³-hybridized carbons (Fsp3) is 0.364. The SMILES string of the molecule is Cc1cccc2c1OCN(CCO[N+](=O)[O-])C2=O. The van der Waals surface area contributed by atoms with Crippen molar-refractivity contribution >= 4 is 5.91 Å². The van der Waals surface area contributed by atoms with E-state index in [1.807, 2.05) is 13.0 Å². The van der Waals surface area contributed by atoms with Crippen molar-refractivity contribution in [2.45, 2.75) is 6.92 Å². The summed E-state index contributed by atoms with van der Waals surface area (Å²) in [7, 11) is 0. The molecule has 0 N–H and O–H groups in total. The van der Waals surface area contributed by atoms with E-state index >= 15 is 0 Å². The third-order valence-electron chi connectivity index (χ3n) is 2.65. The fourth-order valence-electron chi connectivity index (χ4n) is 1.78. The smallest absolute Gasteiger partial charge is 0.294 e. The Morgan fingerprint density at radius 3 is 3.06 bits per heavy atom. The standard InChI is InChI=1S/C11H12N2O5/c1-8-3-2-4-9-10(8)17-7-12(11(9)14)5-6-18-13(15)16/h2-4H,5-7H2,1H3. The number of aryl methyl sites for hydroxylation is 1. The van der Waals surface area contributed by atoms with Crippen LogP contribution < -0.4 is 4.74 Å². The van der Waals surface area contributed by atoms with Crippen LogP contribution in [0.4, 0.5) is 0 Å². The minimum atomic E-state index is -0.882. The van der Waals surface area contributed by atoms with Crippen molar-refractivity contribution in [3.05, 3.63) is 39.4 Å². The molecule has 0 spiro atoms. The summed E-state index contributed by atoms with van der Waals surface area (Å²) < 4.78 is 5.47. The van der Waals surface area contributed by atoms with Crippen molar-refractivity contribution in [1.29, 1.82) is 0 Å². The maximum atomic E-state index is 12.1. The van der Waals surface area contributed by atoms with Crippen molar-refractivity contribution in [2.75, 3.05) is 19.9 Å². The van der Waals surface area contributed by atoms with Gasteiger partial charge in [-0.15, -0.1) is 10.1 Å². The molecule has 0 saturated carbocycles. The molecule has 0 fully saturated rings. The number of rotatable bonds is 4. The molecule has 0 aromatic heterocycles. The summed E-state index contributed by atoms with van der Waals surface area (Å²) in [5, 5.41) is 9.13. The molecule has 7 nitrogen and oxygen atoms in total. The number of carbonyl (C=O) groups is 1. The highest BCUT2D eigenvalue weighted by Gasteiger charge is 2.26. The van der Waals surface area contributed by atoms with Crippen molar-refractivity contribution in [1.82, 2.24) is 4.90 Å². The highest BCUT2D eigenvalue weighted by molar-refractivity contribution is 5.98. The number of para-hydroxylation sites is 1. The van der Waals surface area contributed by atoms with Crippen LogP contribution >= 0.6 is 0 Å². The fourth-order valence-corrected chi connectivity index (χ4v) is 1.78. The van der Waals surface area contributed by atoms with E-state index in [0.717, 1.165) is 5.56 Å². The minimum absolute atomic E-state index is 0.0811. The molecular weight excluding hydrogens is 240 g/mol. The van der Waals surface area contributed by atoms with Crippen LogP contribution in [0.5, 0.6) is 5.75 Å². The van der Waals surface area contributed by atoms with E-state index in [0.29, 0.717) is 11.3 Å². The maximum Gasteiger partial charge on any atom is 0.294 e. The van der Waals surface area contributed by atoms with Crippen LogP contribution in [0.1, 0.15) is 15.9 Å². The van der Waals surface area contributed by atoms with Gasteiger partial charge in [0.25, 0.3) is 11.0 Å². The number of fused-ring (bicyclic) bond motifs is 1. The van der Waals surface area contributed by atoms with Gasteiger partial charge in [0.1, 0.15) is 12.4 Å². The molecule has 1 amide bonds. The quantitative estimate of drug-likeness (QED) is 0.589. The highest BCUT2D eigenvalue weighted by atomic mass is 16.9. The molecule has 1 aromatic rings. The topological polar surface area (TPSA) is 81.9 Å². The van der Waals surface area contributed by atoms with Gasteiger partial charge in [-0.25, -0.2) is 0 Å². The lowest BCUT2D eigenvalue weighted by molar-refractivity contribution is -0.757. The zero-order valence-electron chi connectivity index (χ0n) is 9.79. The van der Waals surface area contributed by atoms with Crippen LogP contribution in [0.3, 0.4) is 0 Å². The second-order valence-corrected chi connectivity index (χ2v) is 3.85. The van der Waals surface area contributed by atoms with Gasteiger partial charge in [0.15, 0.2) is 6.73 Å². The molecule has 7 heteroatoms. The van der Waals surface area contributed by atoms with Crippen molar-refractivity contribution in [3.8, 4) is 5.75 Å². The monoisotopic (exact) mass is 252 g/mol. The van der Waals surface area contributed by atoms with Crippen molar-refractivity contribution in [2.24, 2.45) is 0 Å². The van der Waals surface area contributed by atoms with Crippen LogP contribution in [0, 0.1) is 17.0 Å². The van der Waals surface area contributed by atoms with E-state index in [2.05, 4.69) is 4.84 Å². The van der Waals surface area contributed by atoms with E-state index in [1.54, 1.807) is 12.1 Å². The molecule has 0 radical (unpaired) electrons. The van der Waals surface area contributed by atoms with Crippen LogP contribution in [-0.2, 0) is 4.84 Å². The largest absolute Gasteiger partial charge is 0.472 e. The summed E-state index contributed by atoms with van der Waals surface area (Å²) in [6.07, 6.45) is 0. The Labute approximate surface area is 103 Å². The zero-order chi connectivity index (χ0) is 13.1. The summed E-state index contributed by atoms with van der Waals surface area (Å²) in [6.45, 7) is 1.89. The van der Waals surface area contributed by atoms with Gasteiger partial charge in [-0.05, 0) is 18.6 Å². The zero-order valence-corrected chi connectivity index (χ0v) is 9.79. The molecule has 1 aliphatic heterocycles. The summed E-state index contributed by atoms with van der Waals surface area (Å²) in [4.78, 5) is 27.6. The van der Waals surface area contributed by atoms with E-state index < -0.39 is 5.09 Å². The molecule has 1 heterocycles. The minimum Gasteiger partial charge on any atom is -0.472 e. The predicted octanol–water partition coefficient (Wildman–Crippen LogP) is 0.995. The average Bonchev–Trinajstić information content (AvgIpc) is 2.32. The van der Waals surface area contributed by atoms with Gasteiger partial charge >= 0.3 is 0 Å². The summed E-state index contributed by atoms with van der Waals surface area (Å²) in [5.74, 6) is 0.376. The second kappa shape index (κ2) is 4.91. The first-order valence-corrected chi connectivity index (χ1v) is 5.38. The second-order valence-electron chi connectivity index (χ2n) is 3.85. The van der Waals surface area contributed by atoms with Gasteiger partial charge in [0.2, 0.25) is 0 Å². The molecule has 1 aromatic carbocycles. The van der Waals surface area contributed by atoms with E-state index in [1.165, 1.54) is 4.90 Å². The molecule has 0 unspecified atom stereocenters. The Bertz CT molecular complexity index is 488. The Kier molecular flexibility index (Phi) is 3.31. The summed E-state index contributed by atoms with van der Waals surface area (Å²) >= 11 is 0. The number of hydrogen-bond donors (Lipinski definition) is 0. The molecular formula is C11H12N2O5. The molecule has 96 valence electrons. The van der Waals surface area contributed by atoms with E-state index in [9.17, 15) is 14.9 Å². The van der Waals surface area contributed by atoms with Crippen molar-refractivity contribution in [3.63, 3.8) is 0 Å². The first-order valence-electron chi connectivity index (χ1n) is 5.38. The Morgan fingerprint density at radius 1 is 1.56 bits per heavy atom. The third-order valence-corrected chi connectivity index (χ3v) is 2.65. The number of nitrogens with zero attached hydrogens (tertiary/aromatic N) is 2. The first kappa shape index (κ1) is 12.2. The summed E-state index contributed by atoms with van der Waals surface area (Å²) in [6, 6.07) is 5.30. The number of benzene rings is 1. The molecule has 18 heavy (non-hydrogen) atoms. The van der Waals surface area contributed by atoms with Crippen molar-refractivity contribution < 1.29 is 19.5 Å². The van der Waals surface area contributed by atoms with Gasteiger partial charge in [-0.1, -0.05) is 12.1 Å². The van der Waals surface area contributed by atoms with Crippen LogP contribution in [0.15, 0.2) is 18.2 Å². The van der Waals surface area contributed by atoms with Crippen LogP contribution in [-0.4, -0.2) is 35.8 Å². The van der Waals surface area contributed by atoms with Gasteiger partial charge in [0.05, 0.1) is 5.56 Å². The highest BCUT2D eigenvalue weighted by Crippen LogP contribution is 2.28. The number of amides is 1. The number of carbonyl (C=O) groups excluding carboxylic acids is 1. The molecule has 0 saturated heterocycles. The molecule has 0 bridgehead atoms. The lowest BCUT2D eigenvalue weighted by atomic mass is 10.1. The lowest BCUT2D eigenvalue weighted by Gasteiger charge is -2.29. The third kappa shape index (κ3) is 2.34. The van der Waals surface area contributed by atoms with E-state index in [-0.39, 0.29) is 25.8 Å². The van der Waals surface area contributed by atoms with Crippen LogP contribution in [0.25, 0.3) is 0 Å². The van der Waals surface area contributed by atoms with Gasteiger partial charge < -0.3 is 14.5 Å². The number of ether oxygens (including phenoxy) is 1. The Hall–Kier alpha value is -2.31. The maximum absolute atomic E-state index is 12.1. The molecule has 2 rings (SSSR count). The molecule has 0 atom stereocenters. The number of hydrogen-bond acceptors (Lipinski definition) is 5. The summed E-state index contributed by atoms with van der Waals surface area (Å²) in [5.41, 5.74) is 1.37. The molecule has 0 aliphatic carbocycles. The van der Waals surface area contributed by atoms with Gasteiger partial charge in [-0.2, -0.15) is 0 Å². The van der Waals surface area contributed by atoms with Crippen LogP contribution in [0.2, 0.25) is 0 Å². The first-order chi connectivity index (χ1) is 8.59. The predicted molar refractivity (Wildman–Crippen MR) is 60.7 cm³/mol. The Morgan fingerprint density at radius 2 is 2.33 bits per heavy atom. The molecule has 1 aliphatic rings. The van der Waals surface area contributed by atoms with Gasteiger partial charge in [-0.3, -0.25) is 4.79 Å². The lowest BCUT2D eigenvalue weighted by Crippen LogP contribution is -2.41. The Balaban J connectivity index is 2.06. The average molecular weight is 252 g/mol. The van der Waals surface area contributed by atoms with E-state index in [4.69, 9.17) is 4.74 Å². The van der Waals surface area contributed by atoms with Gasteiger partial charge in [0, 0.05) is 6.54 Å².